The molecule has 1 atom stereocenters. The van der Waals surface area contributed by atoms with E-state index in [9.17, 15) is 0 Å². The molecule has 2 nitrogen and oxygen atoms in total. The van der Waals surface area contributed by atoms with E-state index in [1.54, 1.807) is 7.11 Å². The molecule has 0 aromatic heterocycles. The molecule has 0 aliphatic carbocycles. The SMILES string of the molecule is COc1ccc(CNC(c2ccccc2)C(C)C)cc1. The Bertz CT molecular complexity index is 505. The van der Waals surface area contributed by atoms with Crippen LogP contribution in [0.15, 0.2) is 54.6 Å². The minimum absolute atomic E-state index is 0.373. The van der Waals surface area contributed by atoms with Crippen molar-refractivity contribution in [3.8, 4) is 5.75 Å². The molecule has 0 bridgehead atoms. The summed E-state index contributed by atoms with van der Waals surface area (Å²) >= 11 is 0. The molecule has 1 N–H and O–H groups in total. The maximum absolute atomic E-state index is 5.18. The number of benzene rings is 2. The minimum atomic E-state index is 0.373. The van der Waals surface area contributed by atoms with E-state index in [1.807, 2.05) is 12.1 Å². The molecule has 0 amide bonds. The zero-order valence-electron chi connectivity index (χ0n) is 12.5. The topological polar surface area (TPSA) is 21.3 Å². The Labute approximate surface area is 121 Å². The van der Waals surface area contributed by atoms with Gasteiger partial charge in [0.2, 0.25) is 0 Å². The summed E-state index contributed by atoms with van der Waals surface area (Å²) in [5.74, 6) is 1.45. The summed E-state index contributed by atoms with van der Waals surface area (Å²) < 4.78 is 5.18. The molecule has 2 rings (SSSR count). The van der Waals surface area contributed by atoms with E-state index in [0.717, 1.165) is 12.3 Å². The lowest BCUT2D eigenvalue weighted by atomic mass is 9.96. The largest absolute Gasteiger partial charge is 0.497 e. The first-order chi connectivity index (χ1) is 9.70. The average Bonchev–Trinajstić information content (AvgIpc) is 2.49. The smallest absolute Gasteiger partial charge is 0.118 e. The normalized spacial score (nSPS) is 12.4. The van der Waals surface area contributed by atoms with Crippen LogP contribution in [0.2, 0.25) is 0 Å². The summed E-state index contributed by atoms with van der Waals surface area (Å²) in [6.45, 7) is 5.36. The Kier molecular flexibility index (Phi) is 5.19. The molecule has 20 heavy (non-hydrogen) atoms. The molecular weight excluding hydrogens is 246 g/mol. The van der Waals surface area contributed by atoms with Crippen LogP contribution in [0.25, 0.3) is 0 Å². The molecule has 0 aliphatic rings. The van der Waals surface area contributed by atoms with Gasteiger partial charge in [0, 0.05) is 12.6 Å². The molecular formula is C18H23NO. The van der Waals surface area contributed by atoms with Crippen molar-refractivity contribution in [1.82, 2.24) is 5.32 Å². The molecule has 0 heterocycles. The standard InChI is InChI=1S/C18H23NO/c1-14(2)18(16-7-5-4-6-8-16)19-13-15-9-11-17(20-3)12-10-15/h4-12,14,18-19H,13H2,1-3H3. The molecule has 0 spiro atoms. The highest BCUT2D eigenvalue weighted by molar-refractivity contribution is 5.27. The molecule has 0 saturated heterocycles. The van der Waals surface area contributed by atoms with Gasteiger partial charge in [0.15, 0.2) is 0 Å². The van der Waals surface area contributed by atoms with Crippen LogP contribution in [0, 0.1) is 5.92 Å². The van der Waals surface area contributed by atoms with Crippen molar-refractivity contribution in [2.75, 3.05) is 7.11 Å². The maximum Gasteiger partial charge on any atom is 0.118 e. The van der Waals surface area contributed by atoms with Crippen molar-refractivity contribution in [2.45, 2.75) is 26.4 Å². The lowest BCUT2D eigenvalue weighted by Gasteiger charge is -2.23. The van der Waals surface area contributed by atoms with E-state index in [0.29, 0.717) is 12.0 Å². The summed E-state index contributed by atoms with van der Waals surface area (Å²) in [6, 6.07) is 19.2. The van der Waals surface area contributed by atoms with Crippen molar-refractivity contribution in [3.63, 3.8) is 0 Å². The predicted molar refractivity (Wildman–Crippen MR) is 83.9 cm³/mol. The predicted octanol–water partition coefficient (Wildman–Crippen LogP) is 4.18. The van der Waals surface area contributed by atoms with Crippen LogP contribution in [0.5, 0.6) is 5.75 Å². The first kappa shape index (κ1) is 14.6. The Hall–Kier alpha value is -1.80. The molecule has 1 unspecified atom stereocenters. The van der Waals surface area contributed by atoms with Gasteiger partial charge in [0.05, 0.1) is 7.11 Å². The van der Waals surface area contributed by atoms with Crippen LogP contribution in [-0.4, -0.2) is 7.11 Å². The van der Waals surface area contributed by atoms with Gasteiger partial charge in [-0.3, -0.25) is 0 Å². The maximum atomic E-state index is 5.18. The van der Waals surface area contributed by atoms with Crippen LogP contribution in [0.3, 0.4) is 0 Å². The first-order valence-corrected chi connectivity index (χ1v) is 7.12. The van der Waals surface area contributed by atoms with Gasteiger partial charge in [-0.15, -0.1) is 0 Å². The Morgan fingerprint density at radius 3 is 2.15 bits per heavy atom. The van der Waals surface area contributed by atoms with Crippen molar-refractivity contribution in [2.24, 2.45) is 5.92 Å². The fourth-order valence-corrected chi connectivity index (χ4v) is 2.37. The number of rotatable bonds is 6. The van der Waals surface area contributed by atoms with E-state index in [-0.39, 0.29) is 0 Å². The Balaban J connectivity index is 2.02. The van der Waals surface area contributed by atoms with Crippen molar-refractivity contribution >= 4 is 0 Å². The molecule has 106 valence electrons. The third-order valence-corrected chi connectivity index (χ3v) is 3.51. The lowest BCUT2D eigenvalue weighted by Crippen LogP contribution is -2.25. The van der Waals surface area contributed by atoms with E-state index >= 15 is 0 Å². The number of nitrogens with one attached hydrogen (secondary N) is 1. The molecule has 0 fully saturated rings. The van der Waals surface area contributed by atoms with E-state index in [2.05, 4.69) is 61.6 Å². The molecule has 2 aromatic carbocycles. The van der Waals surface area contributed by atoms with Crippen molar-refractivity contribution in [1.29, 1.82) is 0 Å². The molecule has 0 aliphatic heterocycles. The summed E-state index contributed by atoms with van der Waals surface area (Å²) in [6.07, 6.45) is 0. The zero-order valence-corrected chi connectivity index (χ0v) is 12.5. The monoisotopic (exact) mass is 269 g/mol. The Morgan fingerprint density at radius 2 is 1.60 bits per heavy atom. The van der Waals surface area contributed by atoms with E-state index in [4.69, 9.17) is 4.74 Å². The van der Waals surface area contributed by atoms with Crippen LogP contribution in [0.4, 0.5) is 0 Å². The number of hydrogen-bond acceptors (Lipinski definition) is 2. The van der Waals surface area contributed by atoms with Gasteiger partial charge in [0.25, 0.3) is 0 Å². The third-order valence-electron chi connectivity index (χ3n) is 3.51. The van der Waals surface area contributed by atoms with E-state index in [1.165, 1.54) is 11.1 Å². The van der Waals surface area contributed by atoms with Crippen LogP contribution < -0.4 is 10.1 Å². The zero-order chi connectivity index (χ0) is 14.4. The minimum Gasteiger partial charge on any atom is -0.497 e. The number of ether oxygens (including phenoxy) is 1. The van der Waals surface area contributed by atoms with Gasteiger partial charge in [-0.2, -0.15) is 0 Å². The summed E-state index contributed by atoms with van der Waals surface area (Å²) in [4.78, 5) is 0. The van der Waals surface area contributed by atoms with Crippen molar-refractivity contribution < 1.29 is 4.74 Å². The third kappa shape index (κ3) is 3.84. The number of hydrogen-bond donors (Lipinski definition) is 1. The fraction of sp³-hybridized carbons (Fsp3) is 0.333. The highest BCUT2D eigenvalue weighted by Crippen LogP contribution is 2.22. The van der Waals surface area contributed by atoms with Crippen LogP contribution in [0.1, 0.15) is 31.0 Å². The highest BCUT2D eigenvalue weighted by atomic mass is 16.5. The van der Waals surface area contributed by atoms with E-state index < -0.39 is 0 Å². The summed E-state index contributed by atoms with van der Waals surface area (Å²) in [7, 11) is 1.69. The van der Waals surface area contributed by atoms with Crippen molar-refractivity contribution in [3.05, 3.63) is 65.7 Å². The summed E-state index contributed by atoms with van der Waals surface area (Å²) in [5.41, 5.74) is 2.61. The second-order valence-corrected chi connectivity index (χ2v) is 5.36. The number of methoxy groups -OCH3 is 1. The van der Waals surface area contributed by atoms with Crippen LogP contribution >= 0.6 is 0 Å². The average molecular weight is 269 g/mol. The second-order valence-electron chi connectivity index (χ2n) is 5.36. The molecule has 0 saturated carbocycles. The van der Waals surface area contributed by atoms with Gasteiger partial charge >= 0.3 is 0 Å². The Morgan fingerprint density at radius 1 is 0.950 bits per heavy atom. The molecule has 0 radical (unpaired) electrons. The van der Waals surface area contributed by atoms with Gasteiger partial charge in [-0.25, -0.2) is 0 Å². The fourth-order valence-electron chi connectivity index (χ4n) is 2.37. The van der Waals surface area contributed by atoms with Crippen LogP contribution in [-0.2, 0) is 6.54 Å². The van der Waals surface area contributed by atoms with Gasteiger partial charge in [-0.05, 0) is 29.2 Å². The second kappa shape index (κ2) is 7.11. The first-order valence-electron chi connectivity index (χ1n) is 7.12. The quantitative estimate of drug-likeness (QED) is 0.849. The van der Waals surface area contributed by atoms with Gasteiger partial charge < -0.3 is 10.1 Å². The van der Waals surface area contributed by atoms with Gasteiger partial charge in [-0.1, -0.05) is 56.3 Å². The lowest BCUT2D eigenvalue weighted by molar-refractivity contribution is 0.408. The van der Waals surface area contributed by atoms with Gasteiger partial charge in [0.1, 0.15) is 5.75 Å². The summed E-state index contributed by atoms with van der Waals surface area (Å²) in [5, 5.41) is 3.65. The highest BCUT2D eigenvalue weighted by Gasteiger charge is 2.14. The molecule has 2 aromatic rings. The molecule has 2 heteroatoms.